The summed E-state index contributed by atoms with van der Waals surface area (Å²) in [5.74, 6) is -0.591. The van der Waals surface area contributed by atoms with Gasteiger partial charge >= 0.3 is 0 Å². The summed E-state index contributed by atoms with van der Waals surface area (Å²) < 4.78 is 0.532. The Morgan fingerprint density at radius 2 is 1.60 bits per heavy atom. The van der Waals surface area contributed by atoms with Gasteiger partial charge < -0.3 is 0 Å². The van der Waals surface area contributed by atoms with E-state index in [9.17, 15) is 9.59 Å². The number of imide groups is 1. The van der Waals surface area contributed by atoms with Crippen molar-refractivity contribution in [2.45, 2.75) is 13.0 Å². The summed E-state index contributed by atoms with van der Waals surface area (Å²) in [5, 5.41) is 0. The molecule has 20 heavy (non-hydrogen) atoms. The van der Waals surface area contributed by atoms with E-state index >= 15 is 0 Å². The van der Waals surface area contributed by atoms with Crippen LogP contribution >= 0.6 is 15.9 Å². The van der Waals surface area contributed by atoms with Gasteiger partial charge in [0.1, 0.15) is 4.60 Å². The van der Waals surface area contributed by atoms with E-state index in [2.05, 4.69) is 25.9 Å². The summed E-state index contributed by atoms with van der Waals surface area (Å²) >= 11 is 3.30. The molecule has 0 spiro atoms. The Kier molecular flexibility index (Phi) is 3.10. The van der Waals surface area contributed by atoms with E-state index in [1.807, 2.05) is 0 Å². The quantitative estimate of drug-likeness (QED) is 0.793. The molecule has 0 fully saturated rings. The first-order chi connectivity index (χ1) is 9.61. The largest absolute Gasteiger partial charge is 0.269 e. The first-order valence-corrected chi connectivity index (χ1v) is 6.84. The van der Waals surface area contributed by atoms with Crippen molar-refractivity contribution < 1.29 is 9.59 Å². The van der Waals surface area contributed by atoms with Crippen LogP contribution in [0, 0.1) is 0 Å². The van der Waals surface area contributed by atoms with Crippen LogP contribution in [0.15, 0.2) is 41.3 Å². The third kappa shape index (κ3) is 1.84. The average molecular weight is 332 g/mol. The number of hydrogen-bond acceptors (Lipinski definition) is 4. The molecule has 6 heteroatoms. The standard InChI is InChI=1S/C14H10BrN3O2/c1-8(11-12(15)17-7-6-16-11)18-13(19)9-4-2-3-5-10(9)14(18)20/h2-8H,1H3. The fraction of sp³-hybridized carbons (Fsp3) is 0.143. The molecule has 0 saturated heterocycles. The minimum absolute atomic E-state index is 0.296. The van der Waals surface area contributed by atoms with Crippen LogP contribution in [0.2, 0.25) is 0 Å². The maximum atomic E-state index is 12.4. The number of carbonyl (C=O) groups excluding carboxylic acids is 2. The molecule has 1 aromatic carbocycles. The summed E-state index contributed by atoms with van der Waals surface area (Å²) in [6.07, 6.45) is 3.08. The summed E-state index contributed by atoms with van der Waals surface area (Å²) in [7, 11) is 0. The van der Waals surface area contributed by atoms with Crippen LogP contribution in [0.4, 0.5) is 0 Å². The zero-order valence-corrected chi connectivity index (χ0v) is 12.2. The van der Waals surface area contributed by atoms with E-state index in [0.29, 0.717) is 21.4 Å². The summed E-state index contributed by atoms with van der Waals surface area (Å²) in [6, 6.07) is 6.33. The number of carbonyl (C=O) groups is 2. The van der Waals surface area contributed by atoms with Crippen molar-refractivity contribution in [3.63, 3.8) is 0 Å². The lowest BCUT2D eigenvalue weighted by atomic mass is 10.1. The Morgan fingerprint density at radius 1 is 1.05 bits per heavy atom. The average Bonchev–Trinajstić information content (AvgIpc) is 2.71. The molecule has 3 rings (SSSR count). The monoisotopic (exact) mass is 331 g/mol. The van der Waals surface area contributed by atoms with Gasteiger partial charge in [-0.15, -0.1) is 0 Å². The molecule has 5 nitrogen and oxygen atoms in total. The van der Waals surface area contributed by atoms with Crippen molar-refractivity contribution in [2.75, 3.05) is 0 Å². The predicted octanol–water partition coefficient (Wildman–Crippen LogP) is 2.60. The van der Waals surface area contributed by atoms with Crippen molar-refractivity contribution in [1.82, 2.24) is 14.9 Å². The van der Waals surface area contributed by atoms with Gasteiger partial charge in [0.2, 0.25) is 0 Å². The third-order valence-electron chi connectivity index (χ3n) is 3.29. The zero-order chi connectivity index (χ0) is 14.3. The molecule has 100 valence electrons. The van der Waals surface area contributed by atoms with Gasteiger partial charge in [0, 0.05) is 12.4 Å². The molecule has 0 saturated carbocycles. The molecule has 0 aliphatic carbocycles. The highest BCUT2D eigenvalue weighted by Gasteiger charge is 2.39. The summed E-state index contributed by atoms with van der Waals surface area (Å²) in [4.78, 5) is 34.2. The number of hydrogen-bond donors (Lipinski definition) is 0. The van der Waals surface area contributed by atoms with E-state index < -0.39 is 6.04 Å². The minimum atomic E-state index is -0.481. The van der Waals surface area contributed by atoms with Gasteiger partial charge in [0.15, 0.2) is 0 Å². The Balaban J connectivity index is 2.03. The van der Waals surface area contributed by atoms with Crippen LogP contribution in [0.1, 0.15) is 39.4 Å². The normalized spacial score (nSPS) is 15.4. The molecule has 0 radical (unpaired) electrons. The number of benzene rings is 1. The lowest BCUT2D eigenvalue weighted by Gasteiger charge is -2.22. The molecule has 2 heterocycles. The van der Waals surface area contributed by atoms with Gasteiger partial charge in [-0.2, -0.15) is 0 Å². The molecule has 1 unspecified atom stereocenters. The maximum absolute atomic E-state index is 12.4. The Labute approximate surface area is 123 Å². The molecule has 1 atom stereocenters. The van der Waals surface area contributed by atoms with Crippen LogP contribution in [0.5, 0.6) is 0 Å². The predicted molar refractivity (Wildman–Crippen MR) is 75.1 cm³/mol. The molecule has 1 aliphatic heterocycles. The van der Waals surface area contributed by atoms with Gasteiger partial charge in [0.05, 0.1) is 22.9 Å². The van der Waals surface area contributed by atoms with E-state index in [1.165, 1.54) is 11.1 Å². The van der Waals surface area contributed by atoms with Crippen molar-refractivity contribution in [2.24, 2.45) is 0 Å². The van der Waals surface area contributed by atoms with Crippen LogP contribution in [0.3, 0.4) is 0 Å². The fourth-order valence-electron chi connectivity index (χ4n) is 2.29. The number of fused-ring (bicyclic) bond motifs is 1. The van der Waals surface area contributed by atoms with Gasteiger partial charge in [-0.05, 0) is 35.0 Å². The van der Waals surface area contributed by atoms with Gasteiger partial charge in [-0.1, -0.05) is 12.1 Å². The molecular formula is C14H10BrN3O2. The van der Waals surface area contributed by atoms with Crippen LogP contribution in [-0.4, -0.2) is 26.7 Å². The fourth-order valence-corrected chi connectivity index (χ4v) is 2.85. The highest BCUT2D eigenvalue weighted by atomic mass is 79.9. The van der Waals surface area contributed by atoms with E-state index in [1.54, 1.807) is 37.4 Å². The summed E-state index contributed by atoms with van der Waals surface area (Å²) in [6.45, 7) is 1.76. The second-order valence-electron chi connectivity index (χ2n) is 4.43. The van der Waals surface area contributed by atoms with Crippen molar-refractivity contribution in [1.29, 1.82) is 0 Å². The number of rotatable bonds is 2. The molecule has 1 aromatic heterocycles. The SMILES string of the molecule is CC(c1nccnc1Br)N1C(=O)c2ccccc2C1=O. The lowest BCUT2D eigenvalue weighted by Crippen LogP contribution is -2.33. The highest BCUT2D eigenvalue weighted by Crippen LogP contribution is 2.32. The second kappa shape index (κ2) is 4.79. The molecular weight excluding hydrogens is 322 g/mol. The Bertz CT molecular complexity index is 682. The third-order valence-corrected chi connectivity index (χ3v) is 3.90. The van der Waals surface area contributed by atoms with E-state index in [-0.39, 0.29) is 11.8 Å². The number of halogens is 1. The van der Waals surface area contributed by atoms with Crippen molar-refractivity contribution in [3.8, 4) is 0 Å². The maximum Gasteiger partial charge on any atom is 0.262 e. The molecule has 1 aliphatic rings. The van der Waals surface area contributed by atoms with Gasteiger partial charge in [0.25, 0.3) is 11.8 Å². The molecule has 2 amide bonds. The van der Waals surface area contributed by atoms with E-state index in [4.69, 9.17) is 0 Å². The van der Waals surface area contributed by atoms with Crippen LogP contribution < -0.4 is 0 Å². The minimum Gasteiger partial charge on any atom is -0.269 e. The van der Waals surface area contributed by atoms with Gasteiger partial charge in [-0.25, -0.2) is 4.98 Å². The highest BCUT2D eigenvalue weighted by molar-refractivity contribution is 9.10. The smallest absolute Gasteiger partial charge is 0.262 e. The zero-order valence-electron chi connectivity index (χ0n) is 10.6. The number of nitrogens with zero attached hydrogens (tertiary/aromatic N) is 3. The second-order valence-corrected chi connectivity index (χ2v) is 5.19. The van der Waals surface area contributed by atoms with Crippen molar-refractivity contribution in [3.05, 3.63) is 58.1 Å². The topological polar surface area (TPSA) is 63.2 Å². The lowest BCUT2D eigenvalue weighted by molar-refractivity contribution is 0.0591. The Morgan fingerprint density at radius 3 is 2.15 bits per heavy atom. The van der Waals surface area contributed by atoms with Crippen LogP contribution in [-0.2, 0) is 0 Å². The first kappa shape index (κ1) is 12.9. The van der Waals surface area contributed by atoms with Crippen LogP contribution in [0.25, 0.3) is 0 Å². The Hall–Kier alpha value is -2.08. The number of amides is 2. The first-order valence-electron chi connectivity index (χ1n) is 6.04. The molecule has 2 aromatic rings. The number of aromatic nitrogens is 2. The summed E-state index contributed by atoms with van der Waals surface area (Å²) in [5.41, 5.74) is 1.43. The molecule has 0 bridgehead atoms. The van der Waals surface area contributed by atoms with Gasteiger partial charge in [-0.3, -0.25) is 19.5 Å². The van der Waals surface area contributed by atoms with E-state index in [0.717, 1.165) is 0 Å². The molecule has 0 N–H and O–H groups in total. The van der Waals surface area contributed by atoms with Crippen molar-refractivity contribution >= 4 is 27.7 Å².